The van der Waals surface area contributed by atoms with Crippen LogP contribution in [0.3, 0.4) is 0 Å². The summed E-state index contributed by atoms with van der Waals surface area (Å²) in [5.41, 5.74) is 1.80. The van der Waals surface area contributed by atoms with Gasteiger partial charge in [0.2, 0.25) is 0 Å². The third-order valence-electron chi connectivity index (χ3n) is 2.16. The number of alkyl halides is 1. The van der Waals surface area contributed by atoms with Crippen molar-refractivity contribution in [3.63, 3.8) is 0 Å². The molecule has 0 aliphatic rings. The fraction of sp³-hybridized carbons (Fsp3) is 0.0909. The van der Waals surface area contributed by atoms with E-state index in [1.807, 2.05) is 12.1 Å². The highest BCUT2D eigenvalue weighted by Gasteiger charge is 2.04. The highest BCUT2D eigenvalue weighted by Crippen LogP contribution is 2.19. The zero-order valence-corrected chi connectivity index (χ0v) is 9.72. The van der Waals surface area contributed by atoms with Crippen molar-refractivity contribution in [2.75, 3.05) is 0 Å². The minimum Gasteiger partial charge on any atom is -0.268 e. The van der Waals surface area contributed by atoms with Crippen LogP contribution in [-0.4, -0.2) is 10.2 Å². The molecule has 0 aliphatic heterocycles. The Morgan fingerprint density at radius 3 is 2.56 bits per heavy atom. The Labute approximate surface area is 102 Å². The van der Waals surface area contributed by atoms with Crippen LogP contribution < -0.4 is 5.56 Å². The first-order chi connectivity index (χ1) is 7.70. The van der Waals surface area contributed by atoms with E-state index in [0.29, 0.717) is 16.3 Å². The summed E-state index contributed by atoms with van der Waals surface area (Å²) in [6.07, 6.45) is 0. The lowest BCUT2D eigenvalue weighted by molar-refractivity contribution is 0.971. The zero-order valence-electron chi connectivity index (χ0n) is 8.21. The molecule has 1 aromatic heterocycles. The molecular formula is C11H8Cl2N2O. The van der Waals surface area contributed by atoms with Gasteiger partial charge in [0.1, 0.15) is 0 Å². The van der Waals surface area contributed by atoms with Gasteiger partial charge in [-0.15, -0.1) is 11.6 Å². The van der Waals surface area contributed by atoms with E-state index in [1.165, 1.54) is 0 Å². The second-order valence-electron chi connectivity index (χ2n) is 3.25. The molecule has 0 bridgehead atoms. The highest BCUT2D eigenvalue weighted by molar-refractivity contribution is 6.30. The molecule has 0 atom stereocenters. The van der Waals surface area contributed by atoms with Crippen molar-refractivity contribution in [1.29, 1.82) is 0 Å². The number of aromatic nitrogens is 2. The predicted octanol–water partition coefficient (Wildman–Crippen LogP) is 2.83. The lowest BCUT2D eigenvalue weighted by atomic mass is 10.1. The summed E-state index contributed by atoms with van der Waals surface area (Å²) >= 11 is 11.4. The summed E-state index contributed by atoms with van der Waals surface area (Å²) in [7, 11) is 0. The Balaban J connectivity index is 2.48. The van der Waals surface area contributed by atoms with E-state index in [2.05, 4.69) is 10.2 Å². The second-order valence-corrected chi connectivity index (χ2v) is 3.95. The van der Waals surface area contributed by atoms with Crippen molar-refractivity contribution in [2.45, 2.75) is 5.88 Å². The molecule has 1 N–H and O–H groups in total. The van der Waals surface area contributed by atoms with Crippen LogP contribution in [0.1, 0.15) is 5.56 Å². The van der Waals surface area contributed by atoms with E-state index in [-0.39, 0.29) is 11.4 Å². The number of benzene rings is 1. The number of rotatable bonds is 2. The first-order valence-corrected chi connectivity index (χ1v) is 5.52. The van der Waals surface area contributed by atoms with Gasteiger partial charge in [-0.2, -0.15) is 5.10 Å². The third kappa shape index (κ3) is 2.26. The second kappa shape index (κ2) is 4.68. The van der Waals surface area contributed by atoms with Gasteiger partial charge < -0.3 is 0 Å². The lowest BCUT2D eigenvalue weighted by Crippen LogP contribution is -2.13. The Morgan fingerprint density at radius 1 is 1.25 bits per heavy atom. The minimum atomic E-state index is -0.257. The number of aromatic amines is 1. The van der Waals surface area contributed by atoms with Crippen LogP contribution in [0.25, 0.3) is 11.3 Å². The molecule has 2 aromatic rings. The summed E-state index contributed by atoms with van der Waals surface area (Å²) in [4.78, 5) is 11.3. The van der Waals surface area contributed by atoms with Gasteiger partial charge >= 0.3 is 0 Å². The number of hydrogen-bond acceptors (Lipinski definition) is 2. The molecule has 2 rings (SSSR count). The van der Waals surface area contributed by atoms with E-state index in [1.54, 1.807) is 18.2 Å². The number of hydrogen-bond donors (Lipinski definition) is 1. The molecule has 0 unspecified atom stereocenters. The average molecular weight is 255 g/mol. The van der Waals surface area contributed by atoms with E-state index < -0.39 is 0 Å². The topological polar surface area (TPSA) is 45.8 Å². The van der Waals surface area contributed by atoms with Crippen molar-refractivity contribution < 1.29 is 0 Å². The molecule has 0 saturated heterocycles. The molecule has 0 spiro atoms. The van der Waals surface area contributed by atoms with Gasteiger partial charge in [-0.05, 0) is 18.2 Å². The minimum absolute atomic E-state index is 0.165. The van der Waals surface area contributed by atoms with Gasteiger partial charge in [0.15, 0.2) is 0 Å². The lowest BCUT2D eigenvalue weighted by Gasteiger charge is -2.01. The molecule has 5 heteroatoms. The van der Waals surface area contributed by atoms with Crippen molar-refractivity contribution in [1.82, 2.24) is 10.2 Å². The van der Waals surface area contributed by atoms with E-state index in [9.17, 15) is 4.79 Å². The number of nitrogens with one attached hydrogen (secondary N) is 1. The van der Waals surface area contributed by atoms with E-state index in [0.717, 1.165) is 5.56 Å². The molecule has 0 aliphatic carbocycles. The van der Waals surface area contributed by atoms with E-state index in [4.69, 9.17) is 23.2 Å². The van der Waals surface area contributed by atoms with Crippen LogP contribution in [0.4, 0.5) is 0 Å². The van der Waals surface area contributed by atoms with Gasteiger partial charge in [0.25, 0.3) is 5.56 Å². The van der Waals surface area contributed by atoms with Crippen LogP contribution in [0, 0.1) is 0 Å². The monoisotopic (exact) mass is 254 g/mol. The number of halogens is 2. The quantitative estimate of drug-likeness (QED) is 0.838. The normalized spacial score (nSPS) is 10.4. The van der Waals surface area contributed by atoms with Crippen molar-refractivity contribution in [3.8, 4) is 11.3 Å². The maximum atomic E-state index is 11.3. The van der Waals surface area contributed by atoms with Crippen LogP contribution in [0.2, 0.25) is 5.02 Å². The van der Waals surface area contributed by atoms with Crippen LogP contribution >= 0.6 is 23.2 Å². The van der Waals surface area contributed by atoms with Crippen molar-refractivity contribution in [2.24, 2.45) is 0 Å². The fourth-order valence-electron chi connectivity index (χ4n) is 1.31. The summed E-state index contributed by atoms with van der Waals surface area (Å²) in [5.74, 6) is 0.165. The van der Waals surface area contributed by atoms with E-state index >= 15 is 0 Å². The smallest absolute Gasteiger partial charge is 0.268 e. The molecule has 3 nitrogen and oxygen atoms in total. The highest BCUT2D eigenvalue weighted by atomic mass is 35.5. The van der Waals surface area contributed by atoms with Gasteiger partial charge in [-0.25, -0.2) is 5.10 Å². The first kappa shape index (κ1) is 11.2. The fourth-order valence-corrected chi connectivity index (χ4v) is 1.64. The van der Waals surface area contributed by atoms with Crippen LogP contribution in [0.15, 0.2) is 35.1 Å². The standard InChI is InChI=1S/C11H8Cl2N2O/c12-6-8-5-10(14-15-11(8)16)7-1-3-9(13)4-2-7/h1-5H,6H2,(H,15,16). The summed E-state index contributed by atoms with van der Waals surface area (Å²) < 4.78 is 0. The predicted molar refractivity (Wildman–Crippen MR) is 64.9 cm³/mol. The molecular weight excluding hydrogens is 247 g/mol. The molecule has 0 radical (unpaired) electrons. The molecule has 82 valence electrons. The maximum Gasteiger partial charge on any atom is 0.268 e. The molecule has 1 heterocycles. The molecule has 16 heavy (non-hydrogen) atoms. The Bertz CT molecular complexity index is 549. The molecule has 0 amide bonds. The average Bonchev–Trinajstić information content (AvgIpc) is 2.31. The van der Waals surface area contributed by atoms with Crippen molar-refractivity contribution in [3.05, 3.63) is 51.3 Å². The zero-order chi connectivity index (χ0) is 11.5. The Morgan fingerprint density at radius 2 is 1.94 bits per heavy atom. The van der Waals surface area contributed by atoms with Gasteiger partial charge in [0, 0.05) is 16.1 Å². The number of nitrogens with zero attached hydrogens (tertiary/aromatic N) is 1. The summed E-state index contributed by atoms with van der Waals surface area (Å²) in [6, 6.07) is 8.88. The SMILES string of the molecule is O=c1[nH]nc(-c2ccc(Cl)cc2)cc1CCl. The molecule has 0 saturated carbocycles. The van der Waals surface area contributed by atoms with Gasteiger partial charge in [-0.1, -0.05) is 23.7 Å². The molecule has 1 aromatic carbocycles. The maximum absolute atomic E-state index is 11.3. The third-order valence-corrected chi connectivity index (χ3v) is 2.70. The largest absolute Gasteiger partial charge is 0.268 e. The summed E-state index contributed by atoms with van der Waals surface area (Å²) in [5, 5.41) is 7.02. The van der Waals surface area contributed by atoms with Crippen molar-refractivity contribution >= 4 is 23.2 Å². The Kier molecular flexibility index (Phi) is 3.27. The van der Waals surface area contributed by atoms with Gasteiger partial charge in [0.05, 0.1) is 11.6 Å². The first-order valence-electron chi connectivity index (χ1n) is 4.61. The summed E-state index contributed by atoms with van der Waals surface area (Å²) in [6.45, 7) is 0. The van der Waals surface area contributed by atoms with Crippen LogP contribution in [-0.2, 0) is 5.88 Å². The Hall–Kier alpha value is -1.32. The number of H-pyrrole nitrogens is 1. The molecule has 0 fully saturated rings. The van der Waals surface area contributed by atoms with Crippen LogP contribution in [0.5, 0.6) is 0 Å². The van der Waals surface area contributed by atoms with Gasteiger partial charge in [-0.3, -0.25) is 4.79 Å².